The number of nitrogens with one attached hydrogen (secondary N) is 1. The van der Waals surface area contributed by atoms with Gasteiger partial charge in [-0.15, -0.1) is 0 Å². The summed E-state index contributed by atoms with van der Waals surface area (Å²) in [7, 11) is 2.23. The molecule has 1 unspecified atom stereocenters. The average molecular weight is 212 g/mol. The molecule has 1 saturated heterocycles. The van der Waals surface area contributed by atoms with Crippen LogP contribution in [-0.4, -0.2) is 37.6 Å². The van der Waals surface area contributed by atoms with Crippen LogP contribution in [0.2, 0.25) is 0 Å². The quantitative estimate of drug-likeness (QED) is 0.681. The third-order valence-corrected chi connectivity index (χ3v) is 3.27. The van der Waals surface area contributed by atoms with Gasteiger partial charge in [-0.2, -0.15) is 0 Å². The lowest BCUT2D eigenvalue weighted by molar-refractivity contribution is 0.227. The average Bonchev–Trinajstić information content (AvgIpc) is 2.17. The number of hydrogen-bond acceptors (Lipinski definition) is 2. The summed E-state index contributed by atoms with van der Waals surface area (Å²) in [5.74, 6) is 0.866. The Morgan fingerprint density at radius 1 is 1.33 bits per heavy atom. The van der Waals surface area contributed by atoms with Crippen molar-refractivity contribution in [2.75, 3.05) is 26.7 Å². The van der Waals surface area contributed by atoms with E-state index in [1.54, 1.807) is 0 Å². The van der Waals surface area contributed by atoms with Crippen LogP contribution < -0.4 is 5.32 Å². The molecule has 0 aromatic carbocycles. The van der Waals surface area contributed by atoms with Gasteiger partial charge in [-0.1, -0.05) is 26.7 Å². The van der Waals surface area contributed by atoms with E-state index in [0.29, 0.717) is 0 Å². The highest BCUT2D eigenvalue weighted by Gasteiger charge is 2.15. The van der Waals surface area contributed by atoms with Crippen LogP contribution in [0, 0.1) is 5.92 Å². The lowest BCUT2D eigenvalue weighted by Gasteiger charge is -2.30. The predicted octanol–water partition coefficient (Wildman–Crippen LogP) is 2.50. The van der Waals surface area contributed by atoms with E-state index in [2.05, 4.69) is 31.1 Å². The van der Waals surface area contributed by atoms with Crippen molar-refractivity contribution in [2.24, 2.45) is 5.92 Å². The maximum Gasteiger partial charge on any atom is 0.0195 e. The van der Waals surface area contributed by atoms with E-state index in [0.717, 1.165) is 12.0 Å². The molecule has 0 aliphatic carbocycles. The second-order valence-corrected chi connectivity index (χ2v) is 5.45. The van der Waals surface area contributed by atoms with Gasteiger partial charge in [0.05, 0.1) is 0 Å². The smallest absolute Gasteiger partial charge is 0.0195 e. The first kappa shape index (κ1) is 13.0. The van der Waals surface area contributed by atoms with Gasteiger partial charge in [0.25, 0.3) is 0 Å². The number of nitrogens with zero attached hydrogens (tertiary/aromatic N) is 1. The lowest BCUT2D eigenvalue weighted by atomic mass is 10.0. The minimum absolute atomic E-state index is 0.753. The minimum atomic E-state index is 0.753. The molecule has 1 atom stereocenters. The van der Waals surface area contributed by atoms with E-state index in [-0.39, 0.29) is 0 Å². The molecule has 1 aliphatic rings. The zero-order valence-corrected chi connectivity index (χ0v) is 10.8. The summed E-state index contributed by atoms with van der Waals surface area (Å²) < 4.78 is 0. The summed E-state index contributed by atoms with van der Waals surface area (Å²) in [6, 6.07) is 0.753. The Kier molecular flexibility index (Phi) is 6.26. The van der Waals surface area contributed by atoms with E-state index in [9.17, 15) is 0 Å². The van der Waals surface area contributed by atoms with Crippen molar-refractivity contribution in [1.29, 1.82) is 0 Å². The number of hydrogen-bond donors (Lipinski definition) is 1. The van der Waals surface area contributed by atoms with Gasteiger partial charge in [0.1, 0.15) is 0 Å². The van der Waals surface area contributed by atoms with E-state index in [1.165, 1.54) is 51.7 Å². The van der Waals surface area contributed by atoms with Gasteiger partial charge in [-0.05, 0) is 45.3 Å². The largest absolute Gasteiger partial charge is 0.313 e. The summed E-state index contributed by atoms with van der Waals surface area (Å²) in [5, 5.41) is 3.68. The van der Waals surface area contributed by atoms with Crippen molar-refractivity contribution in [2.45, 2.75) is 52.0 Å². The molecule has 0 spiro atoms. The zero-order valence-electron chi connectivity index (χ0n) is 10.8. The topological polar surface area (TPSA) is 15.3 Å². The van der Waals surface area contributed by atoms with Gasteiger partial charge in [-0.3, -0.25) is 0 Å². The molecule has 0 bridgehead atoms. The Hall–Kier alpha value is -0.0800. The molecule has 90 valence electrons. The molecular weight excluding hydrogens is 184 g/mol. The van der Waals surface area contributed by atoms with Crippen molar-refractivity contribution in [3.8, 4) is 0 Å². The Bertz CT molecular complexity index is 157. The molecular formula is C13H28N2. The predicted molar refractivity (Wildman–Crippen MR) is 67.2 cm³/mol. The van der Waals surface area contributed by atoms with Crippen LogP contribution >= 0.6 is 0 Å². The van der Waals surface area contributed by atoms with Crippen LogP contribution in [0.25, 0.3) is 0 Å². The summed E-state index contributed by atoms with van der Waals surface area (Å²) in [6.07, 6.45) is 6.84. The Morgan fingerprint density at radius 2 is 2.13 bits per heavy atom. The van der Waals surface area contributed by atoms with E-state index in [4.69, 9.17) is 0 Å². The number of likely N-dealkylation sites (tertiary alicyclic amines) is 1. The molecule has 0 aromatic heterocycles. The van der Waals surface area contributed by atoms with Crippen molar-refractivity contribution in [3.63, 3.8) is 0 Å². The third kappa shape index (κ3) is 6.16. The number of likely N-dealkylation sites (N-methyl/N-ethyl adjacent to an activating group) is 1. The van der Waals surface area contributed by atoms with E-state index < -0.39 is 0 Å². The van der Waals surface area contributed by atoms with Crippen LogP contribution in [0.15, 0.2) is 0 Å². The molecule has 0 aromatic rings. The number of piperidine rings is 1. The molecule has 1 aliphatic heterocycles. The number of rotatable bonds is 6. The summed E-state index contributed by atoms with van der Waals surface area (Å²) in [6.45, 7) is 8.36. The first-order valence-electron chi connectivity index (χ1n) is 6.60. The third-order valence-electron chi connectivity index (χ3n) is 3.27. The van der Waals surface area contributed by atoms with Gasteiger partial charge in [0.2, 0.25) is 0 Å². The maximum absolute atomic E-state index is 3.68. The minimum Gasteiger partial charge on any atom is -0.313 e. The highest BCUT2D eigenvalue weighted by Crippen LogP contribution is 2.09. The lowest BCUT2D eigenvalue weighted by Crippen LogP contribution is -2.44. The maximum atomic E-state index is 3.68. The van der Waals surface area contributed by atoms with Gasteiger partial charge in [0.15, 0.2) is 0 Å². The van der Waals surface area contributed by atoms with Crippen molar-refractivity contribution in [1.82, 2.24) is 10.2 Å². The first-order chi connectivity index (χ1) is 7.18. The molecule has 1 rings (SSSR count). The molecule has 0 saturated carbocycles. The van der Waals surface area contributed by atoms with Gasteiger partial charge in [-0.25, -0.2) is 0 Å². The van der Waals surface area contributed by atoms with Crippen LogP contribution in [0.4, 0.5) is 0 Å². The Balaban J connectivity index is 1.95. The number of unbranched alkanes of at least 4 members (excludes halogenated alkanes) is 1. The molecule has 0 radical (unpaired) electrons. The standard InChI is InChI=1S/C13H28N2/c1-12(2)7-4-5-9-14-13-8-6-10-15(3)11-13/h12-14H,4-11H2,1-3H3. The van der Waals surface area contributed by atoms with Crippen molar-refractivity contribution >= 4 is 0 Å². The highest BCUT2D eigenvalue weighted by molar-refractivity contribution is 4.75. The van der Waals surface area contributed by atoms with Gasteiger partial charge >= 0.3 is 0 Å². The van der Waals surface area contributed by atoms with Crippen molar-refractivity contribution in [3.05, 3.63) is 0 Å². The molecule has 1 N–H and O–H groups in total. The molecule has 0 amide bonds. The van der Waals surface area contributed by atoms with E-state index in [1.807, 2.05) is 0 Å². The van der Waals surface area contributed by atoms with Crippen LogP contribution in [0.3, 0.4) is 0 Å². The molecule has 1 fully saturated rings. The van der Waals surface area contributed by atoms with Crippen molar-refractivity contribution < 1.29 is 0 Å². The Labute approximate surface area is 95.4 Å². The first-order valence-corrected chi connectivity index (χ1v) is 6.60. The van der Waals surface area contributed by atoms with Gasteiger partial charge in [0, 0.05) is 12.6 Å². The molecule has 15 heavy (non-hydrogen) atoms. The highest BCUT2D eigenvalue weighted by atomic mass is 15.1. The molecule has 1 heterocycles. The van der Waals surface area contributed by atoms with Gasteiger partial charge < -0.3 is 10.2 Å². The molecule has 2 heteroatoms. The normalized spacial score (nSPS) is 23.6. The SMILES string of the molecule is CC(C)CCCCNC1CCCN(C)C1. The van der Waals surface area contributed by atoms with Crippen LogP contribution in [-0.2, 0) is 0 Å². The van der Waals surface area contributed by atoms with Crippen LogP contribution in [0.1, 0.15) is 46.0 Å². The second-order valence-electron chi connectivity index (χ2n) is 5.45. The summed E-state index contributed by atoms with van der Waals surface area (Å²) in [4.78, 5) is 2.44. The fourth-order valence-corrected chi connectivity index (χ4v) is 2.32. The fourth-order valence-electron chi connectivity index (χ4n) is 2.32. The summed E-state index contributed by atoms with van der Waals surface area (Å²) in [5.41, 5.74) is 0. The monoisotopic (exact) mass is 212 g/mol. The zero-order chi connectivity index (χ0) is 11.1. The molecule has 2 nitrogen and oxygen atoms in total. The Morgan fingerprint density at radius 3 is 2.80 bits per heavy atom. The van der Waals surface area contributed by atoms with Crippen LogP contribution in [0.5, 0.6) is 0 Å². The second kappa shape index (κ2) is 7.24. The summed E-state index contributed by atoms with van der Waals surface area (Å²) >= 11 is 0. The van der Waals surface area contributed by atoms with E-state index >= 15 is 0 Å². The fraction of sp³-hybridized carbons (Fsp3) is 1.00.